The molecule has 0 atom stereocenters. The van der Waals surface area contributed by atoms with Crippen LogP contribution in [0, 0.1) is 11.7 Å². The van der Waals surface area contributed by atoms with Crippen LogP contribution in [0.2, 0.25) is 0 Å². The van der Waals surface area contributed by atoms with Crippen molar-refractivity contribution >= 4 is 30.3 Å². The van der Waals surface area contributed by atoms with Crippen LogP contribution in [0.3, 0.4) is 0 Å². The minimum atomic E-state index is -0.811. The number of carbonyl (C=O) groups excluding carboxylic acids is 2. The maximum atomic E-state index is 14.7. The highest BCUT2D eigenvalue weighted by atomic mass is 19.1. The molecule has 9 heteroatoms. The lowest BCUT2D eigenvalue weighted by molar-refractivity contribution is -0.124. The van der Waals surface area contributed by atoms with Crippen LogP contribution in [0.4, 0.5) is 14.9 Å². The number of hydrogen-bond donors (Lipinski definition) is 1. The number of nitrogens with one attached hydrogen (secondary N) is 1. The van der Waals surface area contributed by atoms with Crippen LogP contribution in [0.15, 0.2) is 18.2 Å². The number of carbonyl (C=O) groups is 2. The highest BCUT2D eigenvalue weighted by molar-refractivity contribution is 6.62. The molecule has 3 rings (SSSR count). The number of hydrogen-bond acceptors (Lipinski definition) is 5. The quantitative estimate of drug-likeness (QED) is 0.761. The molecular weight excluding hydrogens is 390 g/mol. The Morgan fingerprint density at radius 2 is 1.73 bits per heavy atom. The van der Waals surface area contributed by atoms with Crippen LogP contribution in [-0.2, 0) is 18.8 Å². The average molecular weight is 420 g/mol. The summed E-state index contributed by atoms with van der Waals surface area (Å²) >= 11 is 0. The average Bonchev–Trinajstić information content (AvgIpc) is 2.71. The fraction of sp³-hybridized carbons (Fsp3) is 0.619. The van der Waals surface area contributed by atoms with Gasteiger partial charge in [-0.15, -0.1) is 0 Å². The third-order valence-electron chi connectivity index (χ3n) is 5.68. The van der Waals surface area contributed by atoms with Gasteiger partial charge in [0.15, 0.2) is 0 Å². The minimum absolute atomic E-state index is 0.266. The fourth-order valence-electron chi connectivity index (χ4n) is 3.13. The number of amides is 2. The molecule has 2 heterocycles. The summed E-state index contributed by atoms with van der Waals surface area (Å²) < 4.78 is 31.7. The lowest BCUT2D eigenvalue weighted by Crippen LogP contribution is -2.55. The number of likely N-dealkylation sites (tertiary alicyclic amines) is 1. The van der Waals surface area contributed by atoms with Gasteiger partial charge in [-0.3, -0.25) is 4.79 Å². The number of nitrogens with zero attached hydrogens (tertiary/aromatic N) is 1. The highest BCUT2D eigenvalue weighted by Crippen LogP contribution is 2.36. The third kappa shape index (κ3) is 4.62. The van der Waals surface area contributed by atoms with E-state index in [4.69, 9.17) is 14.0 Å². The van der Waals surface area contributed by atoms with Crippen molar-refractivity contribution in [1.29, 1.82) is 0 Å². The molecule has 164 valence electrons. The summed E-state index contributed by atoms with van der Waals surface area (Å²) in [5.41, 5.74) is -1.09. The van der Waals surface area contributed by atoms with E-state index >= 15 is 0 Å². The van der Waals surface area contributed by atoms with E-state index in [0.29, 0.717) is 5.69 Å². The Balaban J connectivity index is 1.57. The van der Waals surface area contributed by atoms with Crippen LogP contribution in [0.5, 0.6) is 0 Å². The van der Waals surface area contributed by atoms with Gasteiger partial charge in [0.2, 0.25) is 5.91 Å². The van der Waals surface area contributed by atoms with E-state index in [-0.39, 0.29) is 30.4 Å². The molecule has 1 aromatic carbocycles. The van der Waals surface area contributed by atoms with Crippen LogP contribution in [0.25, 0.3) is 0 Å². The molecule has 0 aromatic heterocycles. The van der Waals surface area contributed by atoms with Crippen LogP contribution >= 0.6 is 0 Å². The van der Waals surface area contributed by atoms with E-state index in [0.717, 1.165) is 0 Å². The van der Waals surface area contributed by atoms with Crippen LogP contribution in [-0.4, -0.2) is 53.9 Å². The zero-order valence-corrected chi connectivity index (χ0v) is 18.7. The van der Waals surface area contributed by atoms with Gasteiger partial charge >= 0.3 is 13.2 Å². The molecule has 2 aliphatic rings. The predicted octanol–water partition coefficient (Wildman–Crippen LogP) is 2.93. The molecule has 0 aliphatic carbocycles. The second kappa shape index (κ2) is 7.53. The topological polar surface area (TPSA) is 77.1 Å². The van der Waals surface area contributed by atoms with E-state index < -0.39 is 35.8 Å². The molecule has 0 bridgehead atoms. The minimum Gasteiger partial charge on any atom is -0.444 e. The Morgan fingerprint density at radius 1 is 1.17 bits per heavy atom. The molecule has 2 saturated heterocycles. The molecule has 2 amide bonds. The van der Waals surface area contributed by atoms with E-state index in [1.165, 1.54) is 11.0 Å². The molecule has 1 N–H and O–H groups in total. The van der Waals surface area contributed by atoms with E-state index in [2.05, 4.69) is 5.32 Å². The smallest absolute Gasteiger partial charge is 0.444 e. The van der Waals surface area contributed by atoms with Crippen molar-refractivity contribution in [2.24, 2.45) is 5.92 Å². The van der Waals surface area contributed by atoms with Crippen molar-refractivity contribution in [3.05, 3.63) is 24.0 Å². The standard InChI is InChI=1S/C21H30BFN2O5/c1-19(2,3)28-18(27)25-11-13(12-25)17(26)24-14-8-9-15(16(23)10-14)22-29-20(4,5)21(6,7)30-22/h8-10,13H,11-12H2,1-7H3,(H,24,26). The fourth-order valence-corrected chi connectivity index (χ4v) is 3.13. The second-order valence-corrected chi connectivity index (χ2v) is 9.90. The number of rotatable bonds is 3. The summed E-state index contributed by atoms with van der Waals surface area (Å²) in [5.74, 6) is -1.14. The zero-order valence-electron chi connectivity index (χ0n) is 18.7. The third-order valence-corrected chi connectivity index (χ3v) is 5.68. The van der Waals surface area contributed by atoms with Gasteiger partial charge in [0.25, 0.3) is 0 Å². The van der Waals surface area contributed by atoms with Crippen molar-refractivity contribution in [3.8, 4) is 0 Å². The van der Waals surface area contributed by atoms with Crippen LogP contribution in [0.1, 0.15) is 48.5 Å². The molecule has 2 fully saturated rings. The summed E-state index contributed by atoms with van der Waals surface area (Å²) in [5, 5.41) is 2.70. The molecular formula is C21H30BFN2O5. The first-order valence-electron chi connectivity index (χ1n) is 10.1. The Kier molecular flexibility index (Phi) is 5.66. The predicted molar refractivity (Wildman–Crippen MR) is 112 cm³/mol. The highest BCUT2D eigenvalue weighted by Gasteiger charge is 2.52. The summed E-state index contributed by atoms with van der Waals surface area (Å²) in [6.07, 6.45) is -0.440. The summed E-state index contributed by atoms with van der Waals surface area (Å²) in [7, 11) is -0.811. The summed E-state index contributed by atoms with van der Waals surface area (Å²) in [6.45, 7) is 13.5. The molecule has 30 heavy (non-hydrogen) atoms. The number of halogens is 1. The molecule has 1 aromatic rings. The maximum absolute atomic E-state index is 14.7. The van der Waals surface area contributed by atoms with Gasteiger partial charge in [0, 0.05) is 24.2 Å². The molecule has 0 spiro atoms. The van der Waals surface area contributed by atoms with Crippen LogP contribution < -0.4 is 10.8 Å². The van der Waals surface area contributed by atoms with Gasteiger partial charge in [-0.1, -0.05) is 6.07 Å². The van der Waals surface area contributed by atoms with Gasteiger partial charge in [-0.2, -0.15) is 0 Å². The number of ether oxygens (including phenoxy) is 1. The molecule has 0 radical (unpaired) electrons. The first-order chi connectivity index (χ1) is 13.7. The summed E-state index contributed by atoms with van der Waals surface area (Å²) in [4.78, 5) is 25.8. The summed E-state index contributed by atoms with van der Waals surface area (Å²) in [6, 6.07) is 4.43. The van der Waals surface area contributed by atoms with Gasteiger partial charge in [0.05, 0.1) is 17.1 Å². The monoisotopic (exact) mass is 420 g/mol. The zero-order chi connectivity index (χ0) is 22.5. The molecule has 2 aliphatic heterocycles. The first-order valence-corrected chi connectivity index (χ1v) is 10.1. The van der Waals surface area contributed by atoms with Gasteiger partial charge in [0.1, 0.15) is 11.4 Å². The van der Waals surface area contributed by atoms with Crippen molar-refractivity contribution < 1.29 is 28.0 Å². The van der Waals surface area contributed by atoms with Crippen molar-refractivity contribution in [3.63, 3.8) is 0 Å². The number of anilines is 1. The Morgan fingerprint density at radius 3 is 2.23 bits per heavy atom. The normalized spacial score (nSPS) is 20.7. The van der Waals surface area contributed by atoms with Gasteiger partial charge < -0.3 is 24.3 Å². The lowest BCUT2D eigenvalue weighted by atomic mass is 9.78. The SMILES string of the molecule is CC(C)(C)OC(=O)N1CC(C(=O)Nc2ccc(B3OC(C)(C)C(C)(C)O3)c(F)c2)C1. The van der Waals surface area contributed by atoms with Crippen molar-refractivity contribution in [2.75, 3.05) is 18.4 Å². The van der Waals surface area contributed by atoms with E-state index in [1.807, 2.05) is 27.7 Å². The van der Waals surface area contributed by atoms with Crippen molar-refractivity contribution in [1.82, 2.24) is 4.90 Å². The Labute approximate surface area is 177 Å². The second-order valence-electron chi connectivity index (χ2n) is 9.90. The van der Waals surface area contributed by atoms with Gasteiger partial charge in [-0.05, 0) is 60.6 Å². The Bertz CT molecular complexity index is 830. The Hall–Kier alpha value is -2.13. The molecule has 0 saturated carbocycles. The van der Waals surface area contributed by atoms with Crippen molar-refractivity contribution in [2.45, 2.75) is 65.3 Å². The molecule has 0 unspecified atom stereocenters. The van der Waals surface area contributed by atoms with Gasteiger partial charge in [-0.25, -0.2) is 9.18 Å². The number of benzene rings is 1. The largest absolute Gasteiger partial charge is 0.497 e. The maximum Gasteiger partial charge on any atom is 0.497 e. The lowest BCUT2D eigenvalue weighted by Gasteiger charge is -2.38. The first kappa shape index (κ1) is 22.6. The molecule has 7 nitrogen and oxygen atoms in total. The van der Waals surface area contributed by atoms with E-state index in [9.17, 15) is 14.0 Å². The van der Waals surface area contributed by atoms with E-state index in [1.54, 1.807) is 32.9 Å².